The number of halogens is 3. The van der Waals surface area contributed by atoms with Crippen LogP contribution in [0.15, 0.2) is 41.3 Å². The van der Waals surface area contributed by atoms with E-state index in [0.29, 0.717) is 10.6 Å². The predicted molar refractivity (Wildman–Crippen MR) is 83.1 cm³/mol. The second kappa shape index (κ2) is 6.56. The first-order valence-corrected chi connectivity index (χ1v) is 8.09. The average molecular weight is 346 g/mol. The number of carbonyl (C=O) groups excluding carboxylic acids is 1. The van der Waals surface area contributed by atoms with Gasteiger partial charge in [-0.2, -0.15) is 0 Å². The van der Waals surface area contributed by atoms with Gasteiger partial charge in [0.25, 0.3) is 5.91 Å². The number of hydrogen-bond donors (Lipinski definition) is 1. The molecule has 0 aliphatic heterocycles. The molecule has 0 aliphatic carbocycles. The van der Waals surface area contributed by atoms with Crippen molar-refractivity contribution in [3.05, 3.63) is 57.8 Å². The Bertz CT molecular complexity index is 737. The van der Waals surface area contributed by atoms with Crippen molar-refractivity contribution in [3.63, 3.8) is 0 Å². The SMILES string of the molecule is CS(=O)c1cccc(NC(=O)c2cc(F)c(Cl)cc2Cl)c1. The summed E-state index contributed by atoms with van der Waals surface area (Å²) in [4.78, 5) is 12.7. The summed E-state index contributed by atoms with van der Waals surface area (Å²) in [7, 11) is -1.16. The van der Waals surface area contributed by atoms with E-state index in [2.05, 4.69) is 5.32 Å². The van der Waals surface area contributed by atoms with Gasteiger partial charge in [0.05, 0.1) is 15.6 Å². The van der Waals surface area contributed by atoms with Crippen molar-refractivity contribution in [1.29, 1.82) is 0 Å². The van der Waals surface area contributed by atoms with Gasteiger partial charge in [0, 0.05) is 27.6 Å². The monoisotopic (exact) mass is 345 g/mol. The molecule has 0 saturated heterocycles. The Labute approximate surface area is 133 Å². The molecule has 3 nitrogen and oxygen atoms in total. The van der Waals surface area contributed by atoms with Crippen molar-refractivity contribution in [1.82, 2.24) is 0 Å². The molecule has 2 aromatic carbocycles. The molecule has 2 rings (SSSR count). The highest BCUT2D eigenvalue weighted by Crippen LogP contribution is 2.25. The molecule has 0 bridgehead atoms. The van der Waals surface area contributed by atoms with E-state index in [1.165, 1.54) is 12.3 Å². The molecule has 0 saturated carbocycles. The molecular weight excluding hydrogens is 336 g/mol. The van der Waals surface area contributed by atoms with Gasteiger partial charge in [0.2, 0.25) is 0 Å². The van der Waals surface area contributed by atoms with E-state index >= 15 is 0 Å². The quantitative estimate of drug-likeness (QED) is 0.850. The highest BCUT2D eigenvalue weighted by molar-refractivity contribution is 7.84. The number of amides is 1. The smallest absolute Gasteiger partial charge is 0.257 e. The topological polar surface area (TPSA) is 46.2 Å². The number of rotatable bonds is 3. The normalized spacial score (nSPS) is 12.0. The molecule has 7 heteroatoms. The van der Waals surface area contributed by atoms with Crippen LogP contribution in [0.3, 0.4) is 0 Å². The van der Waals surface area contributed by atoms with Gasteiger partial charge in [-0.1, -0.05) is 29.3 Å². The first kappa shape index (κ1) is 15.9. The molecule has 21 heavy (non-hydrogen) atoms. The first-order chi connectivity index (χ1) is 9.88. The number of carbonyl (C=O) groups is 1. The minimum atomic E-state index is -1.16. The predicted octanol–water partition coefficient (Wildman–Crippen LogP) is 4.12. The Morgan fingerprint density at radius 2 is 1.90 bits per heavy atom. The summed E-state index contributed by atoms with van der Waals surface area (Å²) in [5, 5.41) is 2.47. The molecule has 1 unspecified atom stereocenters. The van der Waals surface area contributed by atoms with Crippen LogP contribution in [0.25, 0.3) is 0 Å². The molecule has 0 spiro atoms. The number of hydrogen-bond acceptors (Lipinski definition) is 2. The van der Waals surface area contributed by atoms with Crippen LogP contribution >= 0.6 is 23.2 Å². The fourth-order valence-corrected chi connectivity index (χ4v) is 2.68. The third-order valence-corrected chi connectivity index (χ3v) is 4.20. The van der Waals surface area contributed by atoms with E-state index in [4.69, 9.17) is 23.2 Å². The first-order valence-electron chi connectivity index (χ1n) is 5.78. The zero-order valence-corrected chi connectivity index (χ0v) is 13.2. The minimum absolute atomic E-state index is 0.0263. The molecule has 1 N–H and O–H groups in total. The lowest BCUT2D eigenvalue weighted by Crippen LogP contribution is -2.13. The van der Waals surface area contributed by atoms with Crippen LogP contribution in [0.4, 0.5) is 10.1 Å². The van der Waals surface area contributed by atoms with Crippen molar-refractivity contribution in [2.45, 2.75) is 4.90 Å². The summed E-state index contributed by atoms with van der Waals surface area (Å²) >= 11 is 11.5. The summed E-state index contributed by atoms with van der Waals surface area (Å²) in [5.74, 6) is -1.30. The van der Waals surface area contributed by atoms with Crippen molar-refractivity contribution in [2.75, 3.05) is 11.6 Å². The highest BCUT2D eigenvalue weighted by atomic mass is 35.5. The summed E-state index contributed by atoms with van der Waals surface area (Å²) in [5.41, 5.74) is 0.417. The zero-order chi connectivity index (χ0) is 15.6. The summed E-state index contributed by atoms with van der Waals surface area (Å²) < 4.78 is 24.8. The van der Waals surface area contributed by atoms with Crippen LogP contribution in [-0.2, 0) is 10.8 Å². The molecule has 110 valence electrons. The van der Waals surface area contributed by atoms with E-state index in [1.54, 1.807) is 24.3 Å². The number of benzene rings is 2. The number of nitrogens with one attached hydrogen (secondary N) is 1. The molecule has 0 aromatic heterocycles. The standard InChI is InChI=1S/C14H10Cl2FNO2S/c1-21(20)9-4-2-3-8(5-9)18-14(19)10-6-13(17)12(16)7-11(10)15/h2-7H,1H3,(H,18,19). The Kier molecular flexibility index (Phi) is 4.98. The van der Waals surface area contributed by atoms with E-state index in [-0.39, 0.29) is 15.6 Å². The lowest BCUT2D eigenvalue weighted by molar-refractivity contribution is 0.102. The van der Waals surface area contributed by atoms with Gasteiger partial charge in [-0.15, -0.1) is 0 Å². The molecule has 2 aromatic rings. The molecule has 0 heterocycles. The molecule has 0 fully saturated rings. The van der Waals surface area contributed by atoms with Gasteiger partial charge in [-0.05, 0) is 30.3 Å². The van der Waals surface area contributed by atoms with Gasteiger partial charge in [0.15, 0.2) is 0 Å². The van der Waals surface area contributed by atoms with Crippen molar-refractivity contribution in [3.8, 4) is 0 Å². The van der Waals surface area contributed by atoms with Crippen LogP contribution in [0.2, 0.25) is 10.0 Å². The van der Waals surface area contributed by atoms with E-state index in [1.807, 2.05) is 0 Å². The van der Waals surface area contributed by atoms with Crippen molar-refractivity contribution in [2.24, 2.45) is 0 Å². The molecule has 0 aliphatic rings. The van der Waals surface area contributed by atoms with Crippen molar-refractivity contribution >= 4 is 45.6 Å². The molecule has 1 atom stereocenters. The van der Waals surface area contributed by atoms with Crippen LogP contribution in [-0.4, -0.2) is 16.4 Å². The van der Waals surface area contributed by atoms with Gasteiger partial charge < -0.3 is 5.32 Å². The van der Waals surface area contributed by atoms with Crippen LogP contribution in [0.1, 0.15) is 10.4 Å². The van der Waals surface area contributed by atoms with Crippen molar-refractivity contribution < 1.29 is 13.4 Å². The van der Waals surface area contributed by atoms with Gasteiger partial charge in [-0.25, -0.2) is 4.39 Å². The van der Waals surface area contributed by atoms with Gasteiger partial charge in [-0.3, -0.25) is 9.00 Å². The lowest BCUT2D eigenvalue weighted by Gasteiger charge is -2.08. The van der Waals surface area contributed by atoms with E-state index < -0.39 is 22.5 Å². The summed E-state index contributed by atoms with van der Waals surface area (Å²) in [6.45, 7) is 0. The Morgan fingerprint density at radius 3 is 2.57 bits per heavy atom. The zero-order valence-electron chi connectivity index (χ0n) is 10.8. The Balaban J connectivity index is 2.28. The lowest BCUT2D eigenvalue weighted by atomic mass is 10.2. The average Bonchev–Trinajstić information content (AvgIpc) is 2.43. The summed E-state index contributed by atoms with van der Waals surface area (Å²) in [6.07, 6.45) is 1.53. The third kappa shape index (κ3) is 3.81. The highest BCUT2D eigenvalue weighted by Gasteiger charge is 2.14. The Morgan fingerprint density at radius 1 is 1.19 bits per heavy atom. The van der Waals surface area contributed by atoms with Crippen LogP contribution in [0.5, 0.6) is 0 Å². The number of anilines is 1. The largest absolute Gasteiger partial charge is 0.322 e. The molecule has 1 amide bonds. The van der Waals surface area contributed by atoms with E-state index in [0.717, 1.165) is 6.07 Å². The second-order valence-electron chi connectivity index (χ2n) is 4.18. The maximum atomic E-state index is 13.4. The maximum Gasteiger partial charge on any atom is 0.257 e. The van der Waals surface area contributed by atoms with Gasteiger partial charge in [0.1, 0.15) is 5.82 Å². The van der Waals surface area contributed by atoms with Crippen LogP contribution < -0.4 is 5.32 Å². The fourth-order valence-electron chi connectivity index (χ4n) is 1.65. The van der Waals surface area contributed by atoms with Crippen LogP contribution in [0, 0.1) is 5.82 Å². The van der Waals surface area contributed by atoms with Gasteiger partial charge >= 0.3 is 0 Å². The Hall–Kier alpha value is -1.43. The third-order valence-electron chi connectivity index (χ3n) is 2.68. The molecular formula is C14H10Cl2FNO2S. The molecule has 0 radical (unpaired) electrons. The summed E-state index contributed by atoms with van der Waals surface area (Å²) in [6, 6.07) is 8.70. The fraction of sp³-hybridized carbons (Fsp3) is 0.0714. The second-order valence-corrected chi connectivity index (χ2v) is 6.38. The maximum absolute atomic E-state index is 13.4. The van der Waals surface area contributed by atoms with E-state index in [9.17, 15) is 13.4 Å². The minimum Gasteiger partial charge on any atom is -0.322 e.